The highest BCUT2D eigenvalue weighted by Gasteiger charge is 2.05. The van der Waals surface area contributed by atoms with E-state index in [4.69, 9.17) is 0 Å². The minimum Gasteiger partial charge on any atom is -0.373 e. The molecule has 0 bridgehead atoms. The minimum atomic E-state index is 0.459. The molecule has 1 atom stereocenters. The van der Waals surface area contributed by atoms with Crippen molar-refractivity contribution in [3.8, 4) is 0 Å². The van der Waals surface area contributed by atoms with Crippen molar-refractivity contribution in [3.63, 3.8) is 0 Å². The number of rotatable bonds is 8. The zero-order valence-electron chi connectivity index (χ0n) is 12.1. The molecule has 0 amide bonds. The van der Waals surface area contributed by atoms with Crippen LogP contribution in [0, 0.1) is 6.92 Å². The highest BCUT2D eigenvalue weighted by molar-refractivity contribution is 5.47. The van der Waals surface area contributed by atoms with E-state index < -0.39 is 0 Å². The Hall–Kier alpha value is -1.32. The van der Waals surface area contributed by atoms with Gasteiger partial charge >= 0.3 is 0 Å². The first kappa shape index (κ1) is 14.7. The van der Waals surface area contributed by atoms with E-state index in [-0.39, 0.29) is 0 Å². The van der Waals surface area contributed by atoms with Crippen LogP contribution in [0.1, 0.15) is 51.8 Å². The molecule has 0 aliphatic carbocycles. The number of aryl methyl sites for hydroxylation is 1. The van der Waals surface area contributed by atoms with Gasteiger partial charge in [0, 0.05) is 19.2 Å². The predicted octanol–water partition coefficient (Wildman–Crippen LogP) is 3.60. The zero-order chi connectivity index (χ0) is 13.4. The minimum absolute atomic E-state index is 0.459. The van der Waals surface area contributed by atoms with Crippen LogP contribution in [0.2, 0.25) is 0 Å². The van der Waals surface area contributed by atoms with Crippen molar-refractivity contribution in [2.75, 3.05) is 17.7 Å². The molecule has 1 unspecified atom stereocenters. The summed E-state index contributed by atoms with van der Waals surface area (Å²) < 4.78 is 0. The van der Waals surface area contributed by atoms with E-state index in [2.05, 4.69) is 34.4 Å². The summed E-state index contributed by atoms with van der Waals surface area (Å²) in [5.41, 5.74) is 0. The summed E-state index contributed by atoms with van der Waals surface area (Å²) in [5.74, 6) is 2.57. The summed E-state index contributed by atoms with van der Waals surface area (Å²) in [4.78, 5) is 8.69. The van der Waals surface area contributed by atoms with Crippen molar-refractivity contribution in [3.05, 3.63) is 11.9 Å². The van der Waals surface area contributed by atoms with E-state index in [9.17, 15) is 0 Å². The Balaban J connectivity index is 2.43. The Kier molecular flexibility index (Phi) is 6.47. The zero-order valence-corrected chi connectivity index (χ0v) is 12.1. The van der Waals surface area contributed by atoms with Crippen molar-refractivity contribution < 1.29 is 0 Å². The fourth-order valence-electron chi connectivity index (χ4n) is 1.97. The van der Waals surface area contributed by atoms with Crippen molar-refractivity contribution >= 4 is 11.6 Å². The summed E-state index contributed by atoms with van der Waals surface area (Å²) >= 11 is 0. The first-order chi connectivity index (χ1) is 8.65. The quantitative estimate of drug-likeness (QED) is 0.692. The van der Waals surface area contributed by atoms with Crippen LogP contribution in [0.15, 0.2) is 6.07 Å². The SMILES string of the molecule is CCCCCCC(C)Nc1cc(NC)nc(C)n1. The molecule has 2 N–H and O–H groups in total. The monoisotopic (exact) mass is 250 g/mol. The van der Waals surface area contributed by atoms with Gasteiger partial charge in [0.15, 0.2) is 0 Å². The van der Waals surface area contributed by atoms with Crippen molar-refractivity contribution in [1.29, 1.82) is 0 Å². The summed E-state index contributed by atoms with van der Waals surface area (Å²) in [7, 11) is 1.87. The lowest BCUT2D eigenvalue weighted by Crippen LogP contribution is -2.16. The number of aromatic nitrogens is 2. The van der Waals surface area contributed by atoms with E-state index in [1.165, 1.54) is 32.1 Å². The first-order valence-corrected chi connectivity index (χ1v) is 6.95. The van der Waals surface area contributed by atoms with Gasteiger partial charge in [-0.3, -0.25) is 0 Å². The molecule has 0 aliphatic rings. The summed E-state index contributed by atoms with van der Waals surface area (Å²) in [6.07, 6.45) is 6.43. The smallest absolute Gasteiger partial charge is 0.132 e. The Labute approximate surface area is 111 Å². The molecular formula is C14H26N4. The molecule has 0 saturated carbocycles. The normalized spacial score (nSPS) is 12.2. The average molecular weight is 250 g/mol. The topological polar surface area (TPSA) is 49.8 Å². The Morgan fingerprint density at radius 2 is 1.89 bits per heavy atom. The standard InChI is InChI=1S/C14H26N4/c1-5-6-7-8-9-11(2)16-14-10-13(15-4)17-12(3)18-14/h10-11H,5-9H2,1-4H3,(H2,15,16,17,18). The van der Waals surface area contributed by atoms with Crippen LogP contribution in [0.3, 0.4) is 0 Å². The predicted molar refractivity (Wildman–Crippen MR) is 78.2 cm³/mol. The molecule has 0 saturated heterocycles. The third-order valence-corrected chi connectivity index (χ3v) is 2.98. The molecule has 1 aromatic rings. The third-order valence-electron chi connectivity index (χ3n) is 2.98. The van der Waals surface area contributed by atoms with E-state index in [0.29, 0.717) is 6.04 Å². The Morgan fingerprint density at radius 1 is 1.17 bits per heavy atom. The van der Waals surface area contributed by atoms with Gasteiger partial charge in [-0.15, -0.1) is 0 Å². The van der Waals surface area contributed by atoms with Gasteiger partial charge < -0.3 is 10.6 Å². The van der Waals surface area contributed by atoms with Gasteiger partial charge in [-0.1, -0.05) is 32.6 Å². The molecule has 18 heavy (non-hydrogen) atoms. The number of nitrogens with one attached hydrogen (secondary N) is 2. The summed E-state index contributed by atoms with van der Waals surface area (Å²) in [5, 5.41) is 6.49. The molecule has 0 aliphatic heterocycles. The van der Waals surface area contributed by atoms with Gasteiger partial charge in [-0.2, -0.15) is 0 Å². The van der Waals surface area contributed by atoms with Gasteiger partial charge in [-0.05, 0) is 20.3 Å². The van der Waals surface area contributed by atoms with Crippen molar-refractivity contribution in [2.24, 2.45) is 0 Å². The van der Waals surface area contributed by atoms with Crippen LogP contribution in [-0.4, -0.2) is 23.1 Å². The van der Waals surface area contributed by atoms with Gasteiger partial charge in [0.2, 0.25) is 0 Å². The lowest BCUT2D eigenvalue weighted by molar-refractivity contribution is 0.593. The maximum absolute atomic E-state index is 4.40. The number of anilines is 2. The molecule has 102 valence electrons. The Bertz CT molecular complexity index is 352. The van der Waals surface area contributed by atoms with Gasteiger partial charge in [-0.25, -0.2) is 9.97 Å². The molecule has 4 nitrogen and oxygen atoms in total. The van der Waals surface area contributed by atoms with E-state index >= 15 is 0 Å². The highest BCUT2D eigenvalue weighted by Crippen LogP contribution is 2.14. The molecule has 1 aromatic heterocycles. The maximum Gasteiger partial charge on any atom is 0.132 e. The fraction of sp³-hybridized carbons (Fsp3) is 0.714. The summed E-state index contributed by atoms with van der Waals surface area (Å²) in [6, 6.07) is 2.41. The molecule has 0 aromatic carbocycles. The molecule has 1 rings (SSSR count). The molecule has 0 radical (unpaired) electrons. The number of nitrogens with zero attached hydrogens (tertiary/aromatic N) is 2. The molecule has 4 heteroatoms. The van der Waals surface area contributed by atoms with E-state index in [1.807, 2.05) is 20.0 Å². The van der Waals surface area contributed by atoms with Gasteiger partial charge in [0.25, 0.3) is 0 Å². The van der Waals surface area contributed by atoms with Crippen LogP contribution in [0.5, 0.6) is 0 Å². The maximum atomic E-state index is 4.40. The molecule has 0 fully saturated rings. The fourth-order valence-corrected chi connectivity index (χ4v) is 1.97. The number of hydrogen-bond acceptors (Lipinski definition) is 4. The third kappa shape index (κ3) is 5.34. The highest BCUT2D eigenvalue weighted by atomic mass is 15.1. The van der Waals surface area contributed by atoms with Crippen molar-refractivity contribution in [2.45, 2.75) is 58.9 Å². The van der Waals surface area contributed by atoms with Crippen LogP contribution in [0.4, 0.5) is 11.6 Å². The van der Waals surface area contributed by atoms with Crippen LogP contribution >= 0.6 is 0 Å². The van der Waals surface area contributed by atoms with Gasteiger partial charge in [0.1, 0.15) is 17.5 Å². The van der Waals surface area contributed by atoms with Gasteiger partial charge in [0.05, 0.1) is 0 Å². The molecule has 0 spiro atoms. The van der Waals surface area contributed by atoms with Crippen LogP contribution in [-0.2, 0) is 0 Å². The van der Waals surface area contributed by atoms with Crippen molar-refractivity contribution in [1.82, 2.24) is 9.97 Å². The van der Waals surface area contributed by atoms with E-state index in [1.54, 1.807) is 0 Å². The second-order valence-corrected chi connectivity index (χ2v) is 4.83. The average Bonchev–Trinajstić information content (AvgIpc) is 2.34. The number of hydrogen-bond donors (Lipinski definition) is 2. The second-order valence-electron chi connectivity index (χ2n) is 4.83. The summed E-state index contributed by atoms with van der Waals surface area (Å²) in [6.45, 7) is 6.37. The second kappa shape index (κ2) is 7.90. The first-order valence-electron chi connectivity index (χ1n) is 6.95. The van der Waals surface area contributed by atoms with E-state index in [0.717, 1.165) is 17.5 Å². The lowest BCUT2D eigenvalue weighted by Gasteiger charge is -2.15. The van der Waals surface area contributed by atoms with Crippen LogP contribution in [0.25, 0.3) is 0 Å². The Morgan fingerprint density at radius 3 is 2.56 bits per heavy atom. The largest absolute Gasteiger partial charge is 0.373 e. The number of unbranched alkanes of at least 4 members (excludes halogenated alkanes) is 3. The lowest BCUT2D eigenvalue weighted by atomic mass is 10.1. The molecular weight excluding hydrogens is 224 g/mol. The van der Waals surface area contributed by atoms with Crippen LogP contribution < -0.4 is 10.6 Å². The molecule has 1 heterocycles.